The van der Waals surface area contributed by atoms with Crippen LogP contribution in [0.15, 0.2) is 30.9 Å². The minimum Gasteiger partial charge on any atom is -0.493 e. The number of benzene rings is 1. The minimum absolute atomic E-state index is 0.303. The second kappa shape index (κ2) is 4.49. The molecule has 15 heavy (non-hydrogen) atoms. The molecule has 0 radical (unpaired) electrons. The first kappa shape index (κ1) is 10.2. The highest BCUT2D eigenvalue weighted by Crippen LogP contribution is 2.36. The van der Waals surface area contributed by atoms with Crippen LogP contribution < -0.4 is 4.74 Å². The summed E-state index contributed by atoms with van der Waals surface area (Å²) < 4.78 is 5.66. The molecule has 2 heteroatoms. The zero-order valence-corrected chi connectivity index (χ0v) is 8.78. The summed E-state index contributed by atoms with van der Waals surface area (Å²) >= 11 is 0. The van der Waals surface area contributed by atoms with Gasteiger partial charge in [-0.1, -0.05) is 18.2 Å². The van der Waals surface area contributed by atoms with Crippen LogP contribution in [0.1, 0.15) is 30.1 Å². The first-order valence-corrected chi connectivity index (χ1v) is 5.36. The van der Waals surface area contributed by atoms with Crippen molar-refractivity contribution in [3.05, 3.63) is 42.0 Å². The van der Waals surface area contributed by atoms with Gasteiger partial charge in [-0.15, -0.1) is 6.58 Å². The third-order valence-electron chi connectivity index (χ3n) is 2.78. The molecule has 1 unspecified atom stereocenters. The van der Waals surface area contributed by atoms with Crippen molar-refractivity contribution < 1.29 is 9.84 Å². The number of aliphatic hydroxyl groups excluding tert-OH is 1. The van der Waals surface area contributed by atoms with Gasteiger partial charge in [-0.05, 0) is 30.9 Å². The predicted molar refractivity (Wildman–Crippen MR) is 60.0 cm³/mol. The molecular formula is C13H16O2. The standard InChI is InChI=1S/C13H16O2/c1-2-3-9-15-13-6-4-5-10-11(13)7-8-12(10)14/h2,4-6,12,14H,1,3,7-9H2. The lowest BCUT2D eigenvalue weighted by atomic mass is 10.1. The highest BCUT2D eigenvalue weighted by Gasteiger charge is 2.22. The van der Waals surface area contributed by atoms with Gasteiger partial charge in [0.25, 0.3) is 0 Å². The van der Waals surface area contributed by atoms with Crippen molar-refractivity contribution in [1.29, 1.82) is 0 Å². The van der Waals surface area contributed by atoms with Crippen molar-refractivity contribution in [3.8, 4) is 5.75 Å². The van der Waals surface area contributed by atoms with E-state index in [1.54, 1.807) is 0 Å². The van der Waals surface area contributed by atoms with Gasteiger partial charge in [-0.3, -0.25) is 0 Å². The van der Waals surface area contributed by atoms with E-state index in [0.717, 1.165) is 30.6 Å². The Hall–Kier alpha value is -1.28. The van der Waals surface area contributed by atoms with Crippen LogP contribution >= 0.6 is 0 Å². The van der Waals surface area contributed by atoms with Crippen molar-refractivity contribution in [3.63, 3.8) is 0 Å². The average molecular weight is 204 g/mol. The maximum atomic E-state index is 9.71. The molecule has 0 heterocycles. The van der Waals surface area contributed by atoms with Gasteiger partial charge in [0.1, 0.15) is 5.75 Å². The Balaban J connectivity index is 2.15. The van der Waals surface area contributed by atoms with Gasteiger partial charge in [-0.2, -0.15) is 0 Å². The fourth-order valence-electron chi connectivity index (χ4n) is 1.99. The van der Waals surface area contributed by atoms with Crippen LogP contribution in [-0.4, -0.2) is 11.7 Å². The molecule has 0 aromatic heterocycles. The van der Waals surface area contributed by atoms with Crippen LogP contribution in [0.2, 0.25) is 0 Å². The van der Waals surface area contributed by atoms with Gasteiger partial charge in [0.15, 0.2) is 0 Å². The smallest absolute Gasteiger partial charge is 0.122 e. The molecule has 0 spiro atoms. The lowest BCUT2D eigenvalue weighted by Gasteiger charge is -2.10. The highest BCUT2D eigenvalue weighted by atomic mass is 16.5. The lowest BCUT2D eigenvalue weighted by molar-refractivity contribution is 0.180. The normalized spacial score (nSPS) is 18.6. The monoisotopic (exact) mass is 204 g/mol. The van der Waals surface area contributed by atoms with E-state index in [4.69, 9.17) is 4.74 Å². The summed E-state index contributed by atoms with van der Waals surface area (Å²) in [7, 11) is 0. The molecule has 1 aliphatic rings. The van der Waals surface area contributed by atoms with Gasteiger partial charge >= 0.3 is 0 Å². The van der Waals surface area contributed by atoms with E-state index >= 15 is 0 Å². The first-order chi connectivity index (χ1) is 7.33. The molecule has 1 N–H and O–H groups in total. The number of rotatable bonds is 4. The zero-order chi connectivity index (χ0) is 10.7. The third kappa shape index (κ3) is 2.05. The van der Waals surface area contributed by atoms with Gasteiger partial charge in [0, 0.05) is 5.56 Å². The van der Waals surface area contributed by atoms with E-state index in [2.05, 4.69) is 6.58 Å². The Morgan fingerprint density at radius 1 is 1.53 bits per heavy atom. The Bertz CT molecular complexity index is 358. The largest absolute Gasteiger partial charge is 0.493 e. The number of aliphatic hydroxyl groups is 1. The van der Waals surface area contributed by atoms with Gasteiger partial charge in [-0.25, -0.2) is 0 Å². The van der Waals surface area contributed by atoms with Crippen molar-refractivity contribution in [2.75, 3.05) is 6.61 Å². The summed E-state index contributed by atoms with van der Waals surface area (Å²) in [5, 5.41) is 9.71. The van der Waals surface area contributed by atoms with Crippen LogP contribution in [-0.2, 0) is 6.42 Å². The molecule has 0 aliphatic heterocycles. The van der Waals surface area contributed by atoms with Crippen LogP contribution in [0.3, 0.4) is 0 Å². The van der Waals surface area contributed by atoms with E-state index < -0.39 is 0 Å². The van der Waals surface area contributed by atoms with Crippen molar-refractivity contribution in [2.45, 2.75) is 25.4 Å². The Kier molecular flexibility index (Phi) is 3.07. The van der Waals surface area contributed by atoms with Crippen LogP contribution in [0.4, 0.5) is 0 Å². The fraction of sp³-hybridized carbons (Fsp3) is 0.385. The summed E-state index contributed by atoms with van der Waals surface area (Å²) in [5.41, 5.74) is 2.21. The maximum absolute atomic E-state index is 9.71. The SMILES string of the molecule is C=CCCOc1cccc2c1CCC2O. The summed E-state index contributed by atoms with van der Waals surface area (Å²) in [6.07, 6.45) is 4.13. The summed E-state index contributed by atoms with van der Waals surface area (Å²) in [6.45, 7) is 4.32. The maximum Gasteiger partial charge on any atom is 0.122 e. The van der Waals surface area contributed by atoms with Crippen LogP contribution in [0.5, 0.6) is 5.75 Å². The van der Waals surface area contributed by atoms with E-state index in [-0.39, 0.29) is 6.10 Å². The molecule has 1 aliphatic carbocycles. The number of fused-ring (bicyclic) bond motifs is 1. The molecule has 2 nitrogen and oxygen atoms in total. The van der Waals surface area contributed by atoms with Gasteiger partial charge in [0.2, 0.25) is 0 Å². The molecule has 80 valence electrons. The third-order valence-corrected chi connectivity index (χ3v) is 2.78. The molecular weight excluding hydrogens is 188 g/mol. The summed E-state index contributed by atoms with van der Waals surface area (Å²) in [6, 6.07) is 5.89. The van der Waals surface area contributed by atoms with E-state index in [0.29, 0.717) is 6.61 Å². The summed E-state index contributed by atoms with van der Waals surface area (Å²) in [5.74, 6) is 0.922. The Morgan fingerprint density at radius 2 is 2.40 bits per heavy atom. The molecule has 0 bridgehead atoms. The molecule has 2 rings (SSSR count). The number of ether oxygens (including phenoxy) is 1. The van der Waals surface area contributed by atoms with E-state index in [1.165, 1.54) is 5.56 Å². The van der Waals surface area contributed by atoms with Gasteiger partial charge in [0.05, 0.1) is 12.7 Å². The fourth-order valence-corrected chi connectivity index (χ4v) is 1.99. The number of hydrogen-bond acceptors (Lipinski definition) is 2. The zero-order valence-electron chi connectivity index (χ0n) is 8.78. The summed E-state index contributed by atoms with van der Waals surface area (Å²) in [4.78, 5) is 0. The molecule has 1 atom stereocenters. The highest BCUT2D eigenvalue weighted by molar-refractivity contribution is 5.44. The van der Waals surface area contributed by atoms with E-state index in [1.807, 2.05) is 24.3 Å². The molecule has 0 saturated carbocycles. The molecule has 1 aromatic rings. The van der Waals surface area contributed by atoms with Crippen molar-refractivity contribution in [2.24, 2.45) is 0 Å². The Labute approximate surface area is 90.2 Å². The second-order valence-electron chi connectivity index (χ2n) is 3.80. The molecule has 0 saturated heterocycles. The second-order valence-corrected chi connectivity index (χ2v) is 3.80. The lowest BCUT2D eigenvalue weighted by Crippen LogP contribution is -1.99. The first-order valence-electron chi connectivity index (χ1n) is 5.36. The van der Waals surface area contributed by atoms with Crippen LogP contribution in [0, 0.1) is 0 Å². The Morgan fingerprint density at radius 3 is 3.20 bits per heavy atom. The van der Waals surface area contributed by atoms with Crippen molar-refractivity contribution >= 4 is 0 Å². The topological polar surface area (TPSA) is 29.5 Å². The predicted octanol–water partition coefficient (Wildman–Crippen LogP) is 2.62. The van der Waals surface area contributed by atoms with E-state index in [9.17, 15) is 5.11 Å². The molecule has 1 aromatic carbocycles. The number of hydrogen-bond donors (Lipinski definition) is 1. The molecule has 0 fully saturated rings. The molecule has 0 amide bonds. The average Bonchev–Trinajstić information content (AvgIpc) is 2.62. The minimum atomic E-state index is -0.303. The van der Waals surface area contributed by atoms with Crippen molar-refractivity contribution in [1.82, 2.24) is 0 Å². The van der Waals surface area contributed by atoms with Gasteiger partial charge < -0.3 is 9.84 Å². The van der Waals surface area contributed by atoms with Crippen LogP contribution in [0.25, 0.3) is 0 Å². The quantitative estimate of drug-likeness (QED) is 0.603.